The molecule has 0 saturated heterocycles. The minimum atomic E-state index is 0.0873. The number of fused-ring (bicyclic) bond motifs is 1. The summed E-state index contributed by atoms with van der Waals surface area (Å²) in [5.74, 6) is 0. The normalized spacial score (nSPS) is 16.8. The van der Waals surface area contributed by atoms with Crippen molar-refractivity contribution in [3.05, 3.63) is 43.3 Å². The number of aryl methyl sites for hydroxylation is 3. The Morgan fingerprint density at radius 2 is 1.94 bits per heavy atom. The van der Waals surface area contributed by atoms with E-state index in [2.05, 4.69) is 25.1 Å². The zero-order valence-electron chi connectivity index (χ0n) is 10.0. The Kier molecular flexibility index (Phi) is 3.07. The van der Waals surface area contributed by atoms with Gasteiger partial charge in [0.15, 0.2) is 0 Å². The molecule has 1 unspecified atom stereocenters. The lowest BCUT2D eigenvalue weighted by Gasteiger charge is -2.08. The SMILES string of the molecule is Cc1ccc(C(N)c2cc3c(s2)CCCC3)s1. The third-order valence-corrected chi connectivity index (χ3v) is 5.79. The second-order valence-electron chi connectivity index (χ2n) is 4.73. The maximum absolute atomic E-state index is 6.36. The molecule has 90 valence electrons. The first-order valence-electron chi connectivity index (χ1n) is 6.17. The zero-order valence-corrected chi connectivity index (χ0v) is 11.7. The molecule has 2 aromatic rings. The monoisotopic (exact) mass is 263 g/mol. The maximum atomic E-state index is 6.36. The van der Waals surface area contributed by atoms with Crippen LogP contribution in [0.15, 0.2) is 18.2 Å². The molecule has 2 N–H and O–H groups in total. The summed E-state index contributed by atoms with van der Waals surface area (Å²) in [7, 11) is 0. The van der Waals surface area contributed by atoms with E-state index in [0.717, 1.165) is 0 Å². The highest BCUT2D eigenvalue weighted by Crippen LogP contribution is 2.35. The molecule has 0 saturated carbocycles. The van der Waals surface area contributed by atoms with Gasteiger partial charge in [0.25, 0.3) is 0 Å². The van der Waals surface area contributed by atoms with Crippen molar-refractivity contribution in [1.29, 1.82) is 0 Å². The van der Waals surface area contributed by atoms with Crippen LogP contribution in [0.4, 0.5) is 0 Å². The molecule has 1 nitrogen and oxygen atoms in total. The van der Waals surface area contributed by atoms with Crippen LogP contribution in [-0.4, -0.2) is 0 Å². The molecule has 0 spiro atoms. The van der Waals surface area contributed by atoms with E-state index in [1.54, 1.807) is 10.4 Å². The van der Waals surface area contributed by atoms with Crippen molar-refractivity contribution in [2.24, 2.45) is 5.73 Å². The molecule has 1 aliphatic rings. The van der Waals surface area contributed by atoms with Crippen molar-refractivity contribution in [2.45, 2.75) is 38.6 Å². The molecule has 1 atom stereocenters. The van der Waals surface area contributed by atoms with E-state index in [9.17, 15) is 0 Å². The Bertz CT molecular complexity index is 501. The number of hydrogen-bond donors (Lipinski definition) is 1. The summed E-state index contributed by atoms with van der Waals surface area (Å²) < 4.78 is 0. The summed E-state index contributed by atoms with van der Waals surface area (Å²) in [6.07, 6.45) is 5.20. The average molecular weight is 263 g/mol. The van der Waals surface area contributed by atoms with Crippen molar-refractivity contribution in [3.8, 4) is 0 Å². The van der Waals surface area contributed by atoms with E-state index in [1.165, 1.54) is 40.3 Å². The predicted octanol–water partition coefficient (Wildman–Crippen LogP) is 4.04. The molecule has 0 radical (unpaired) electrons. The Morgan fingerprint density at radius 1 is 1.12 bits per heavy atom. The van der Waals surface area contributed by atoms with E-state index in [4.69, 9.17) is 5.73 Å². The number of rotatable bonds is 2. The van der Waals surface area contributed by atoms with Gasteiger partial charge < -0.3 is 5.73 Å². The summed E-state index contributed by atoms with van der Waals surface area (Å²) >= 11 is 3.75. The van der Waals surface area contributed by atoms with Gasteiger partial charge in [0.1, 0.15) is 0 Å². The Balaban J connectivity index is 1.91. The van der Waals surface area contributed by atoms with Crippen LogP contribution in [-0.2, 0) is 12.8 Å². The van der Waals surface area contributed by atoms with Gasteiger partial charge in [-0.2, -0.15) is 0 Å². The van der Waals surface area contributed by atoms with E-state index < -0.39 is 0 Å². The van der Waals surface area contributed by atoms with E-state index in [-0.39, 0.29) is 6.04 Å². The largest absolute Gasteiger partial charge is 0.319 e. The Morgan fingerprint density at radius 3 is 2.65 bits per heavy atom. The maximum Gasteiger partial charge on any atom is 0.0740 e. The molecule has 0 aliphatic heterocycles. The Labute approximate surface area is 110 Å². The van der Waals surface area contributed by atoms with Crippen molar-refractivity contribution in [3.63, 3.8) is 0 Å². The quantitative estimate of drug-likeness (QED) is 0.869. The highest BCUT2D eigenvalue weighted by Gasteiger charge is 2.18. The molecule has 2 aromatic heterocycles. The van der Waals surface area contributed by atoms with Crippen molar-refractivity contribution >= 4 is 22.7 Å². The van der Waals surface area contributed by atoms with Gasteiger partial charge in [0, 0.05) is 19.5 Å². The van der Waals surface area contributed by atoms with E-state index >= 15 is 0 Å². The molecule has 2 heterocycles. The molecular formula is C14H17NS2. The second kappa shape index (κ2) is 4.56. The fourth-order valence-corrected chi connectivity index (χ4v) is 4.68. The lowest BCUT2D eigenvalue weighted by atomic mass is 9.99. The first-order valence-corrected chi connectivity index (χ1v) is 7.81. The average Bonchev–Trinajstić information content (AvgIpc) is 2.93. The molecule has 1 aliphatic carbocycles. The number of hydrogen-bond acceptors (Lipinski definition) is 3. The Hall–Kier alpha value is -0.640. The van der Waals surface area contributed by atoms with Gasteiger partial charge in [-0.25, -0.2) is 0 Å². The summed E-state index contributed by atoms with van der Waals surface area (Å²) in [4.78, 5) is 5.56. The molecule has 0 bridgehead atoms. The topological polar surface area (TPSA) is 26.0 Å². The van der Waals surface area contributed by atoms with Crippen LogP contribution in [0.5, 0.6) is 0 Å². The standard InChI is InChI=1S/C14H17NS2/c1-9-6-7-12(16-9)14(15)13-8-10-4-2-3-5-11(10)17-13/h6-8,14H,2-5,15H2,1H3. The molecule has 3 heteroatoms. The predicted molar refractivity (Wildman–Crippen MR) is 76.0 cm³/mol. The van der Waals surface area contributed by atoms with E-state index in [0.29, 0.717) is 0 Å². The van der Waals surface area contributed by atoms with Gasteiger partial charge >= 0.3 is 0 Å². The molecule has 0 amide bonds. The van der Waals surface area contributed by atoms with Crippen LogP contribution in [0.25, 0.3) is 0 Å². The molecule has 3 rings (SSSR count). The van der Waals surface area contributed by atoms with Crippen molar-refractivity contribution < 1.29 is 0 Å². The minimum Gasteiger partial charge on any atom is -0.319 e. The van der Waals surface area contributed by atoms with E-state index in [1.807, 2.05) is 22.7 Å². The van der Waals surface area contributed by atoms with Gasteiger partial charge in [-0.05, 0) is 56.4 Å². The van der Waals surface area contributed by atoms with Crippen molar-refractivity contribution in [2.75, 3.05) is 0 Å². The third-order valence-electron chi connectivity index (χ3n) is 3.39. The zero-order chi connectivity index (χ0) is 11.8. The van der Waals surface area contributed by atoms with Gasteiger partial charge in [-0.3, -0.25) is 0 Å². The number of thiophene rings is 2. The summed E-state index contributed by atoms with van der Waals surface area (Å²) in [5.41, 5.74) is 7.92. The molecule has 17 heavy (non-hydrogen) atoms. The first-order chi connectivity index (χ1) is 8.24. The van der Waals surface area contributed by atoms with Gasteiger partial charge in [-0.1, -0.05) is 0 Å². The summed E-state index contributed by atoms with van der Waals surface area (Å²) in [6, 6.07) is 6.76. The smallest absolute Gasteiger partial charge is 0.0740 e. The highest BCUT2D eigenvalue weighted by atomic mass is 32.1. The second-order valence-corrected chi connectivity index (χ2v) is 7.22. The van der Waals surface area contributed by atoms with Crippen LogP contribution in [0.1, 0.15) is 44.0 Å². The molecular weight excluding hydrogens is 246 g/mol. The molecule has 0 fully saturated rings. The molecule has 0 aromatic carbocycles. The first kappa shape index (κ1) is 11.5. The lowest BCUT2D eigenvalue weighted by molar-refractivity contribution is 0.696. The third kappa shape index (κ3) is 2.19. The fraction of sp³-hybridized carbons (Fsp3) is 0.429. The van der Waals surface area contributed by atoms with Crippen molar-refractivity contribution in [1.82, 2.24) is 0 Å². The van der Waals surface area contributed by atoms with Crippen LogP contribution in [0, 0.1) is 6.92 Å². The van der Waals surface area contributed by atoms with Gasteiger partial charge in [-0.15, -0.1) is 22.7 Å². The van der Waals surface area contributed by atoms with Crippen LogP contribution < -0.4 is 5.73 Å². The lowest BCUT2D eigenvalue weighted by Crippen LogP contribution is -2.08. The van der Waals surface area contributed by atoms with Crippen LogP contribution in [0.3, 0.4) is 0 Å². The van der Waals surface area contributed by atoms with Gasteiger partial charge in [0.2, 0.25) is 0 Å². The van der Waals surface area contributed by atoms with Gasteiger partial charge in [0.05, 0.1) is 6.04 Å². The van der Waals surface area contributed by atoms with Crippen LogP contribution >= 0.6 is 22.7 Å². The highest BCUT2D eigenvalue weighted by molar-refractivity contribution is 7.13. The summed E-state index contributed by atoms with van der Waals surface area (Å²) in [6.45, 7) is 2.14. The minimum absolute atomic E-state index is 0.0873. The number of nitrogens with two attached hydrogens (primary N) is 1. The van der Waals surface area contributed by atoms with Crippen LogP contribution in [0.2, 0.25) is 0 Å². The summed E-state index contributed by atoms with van der Waals surface area (Å²) in [5, 5.41) is 0. The fourth-order valence-electron chi connectivity index (χ4n) is 2.43.